The van der Waals surface area contributed by atoms with Crippen molar-refractivity contribution < 1.29 is 9.18 Å². The van der Waals surface area contributed by atoms with Gasteiger partial charge in [-0.25, -0.2) is 4.39 Å². The maximum absolute atomic E-state index is 13.3. The highest BCUT2D eigenvalue weighted by Gasteiger charge is 1.98. The normalized spacial score (nSPS) is 10.9. The van der Waals surface area contributed by atoms with Gasteiger partial charge in [0.2, 0.25) is 0 Å². The van der Waals surface area contributed by atoms with Gasteiger partial charge in [-0.2, -0.15) is 0 Å². The van der Waals surface area contributed by atoms with Crippen LogP contribution in [-0.4, -0.2) is 10.9 Å². The summed E-state index contributed by atoms with van der Waals surface area (Å²) in [5, 5.41) is 0.493. The second-order valence-electron chi connectivity index (χ2n) is 3.20. The molecule has 86 valence electrons. The molecular weight excluding hydrogens is 247 g/mol. The van der Waals surface area contributed by atoms with Crippen LogP contribution in [0.5, 0.6) is 0 Å². The summed E-state index contributed by atoms with van der Waals surface area (Å²) in [6, 6.07) is 4.56. The molecular formula is C12H12ClFOS. The van der Waals surface area contributed by atoms with Gasteiger partial charge in [-0.1, -0.05) is 41.6 Å². The van der Waals surface area contributed by atoms with Gasteiger partial charge in [0.25, 0.3) is 0 Å². The summed E-state index contributed by atoms with van der Waals surface area (Å²) in [5.74, 6) is 0.393. The molecule has 0 fully saturated rings. The lowest BCUT2D eigenvalue weighted by atomic mass is 10.2. The molecule has 16 heavy (non-hydrogen) atoms. The van der Waals surface area contributed by atoms with Crippen LogP contribution in [0.2, 0.25) is 5.02 Å². The van der Waals surface area contributed by atoms with E-state index in [1.807, 2.05) is 6.08 Å². The van der Waals surface area contributed by atoms with Crippen LogP contribution in [0.25, 0.3) is 6.08 Å². The van der Waals surface area contributed by atoms with E-state index < -0.39 is 0 Å². The molecule has 0 radical (unpaired) electrons. The van der Waals surface area contributed by atoms with Gasteiger partial charge in [-0.3, -0.25) is 4.79 Å². The van der Waals surface area contributed by atoms with Crippen molar-refractivity contribution in [3.05, 3.63) is 40.7 Å². The van der Waals surface area contributed by atoms with Gasteiger partial charge in [0, 0.05) is 23.3 Å². The molecule has 0 atom stereocenters. The van der Waals surface area contributed by atoms with Crippen LogP contribution in [0, 0.1) is 5.82 Å². The molecule has 0 aliphatic carbocycles. The van der Waals surface area contributed by atoms with E-state index in [-0.39, 0.29) is 10.9 Å². The van der Waals surface area contributed by atoms with Gasteiger partial charge in [-0.15, -0.1) is 0 Å². The molecule has 0 aliphatic rings. The molecule has 0 N–H and O–H groups in total. The molecule has 1 rings (SSSR count). The maximum atomic E-state index is 13.3. The highest BCUT2D eigenvalue weighted by molar-refractivity contribution is 8.13. The number of halogens is 2. The SMILES string of the molecule is CC(=O)SCCC=Cc1ccc(Cl)cc1F. The minimum Gasteiger partial charge on any atom is -0.288 e. The second kappa shape index (κ2) is 6.71. The molecule has 0 bridgehead atoms. The zero-order valence-corrected chi connectivity index (χ0v) is 10.4. The lowest BCUT2D eigenvalue weighted by molar-refractivity contribution is -0.109. The summed E-state index contributed by atoms with van der Waals surface area (Å²) in [6.07, 6.45) is 4.29. The van der Waals surface area contributed by atoms with Crippen LogP contribution in [0.4, 0.5) is 4.39 Å². The molecule has 0 saturated carbocycles. The number of hydrogen-bond acceptors (Lipinski definition) is 2. The first kappa shape index (κ1) is 13.3. The smallest absolute Gasteiger partial charge is 0.185 e. The van der Waals surface area contributed by atoms with Gasteiger partial charge in [0.05, 0.1) is 0 Å². The molecule has 0 saturated heterocycles. The molecule has 0 amide bonds. The van der Waals surface area contributed by atoms with Crippen LogP contribution in [0.15, 0.2) is 24.3 Å². The Hall–Kier alpha value is -0.800. The third-order valence-electron chi connectivity index (χ3n) is 1.85. The summed E-state index contributed by atoms with van der Waals surface area (Å²) in [7, 11) is 0. The Morgan fingerprint density at radius 1 is 1.56 bits per heavy atom. The number of carbonyl (C=O) groups is 1. The summed E-state index contributed by atoms with van der Waals surface area (Å²) < 4.78 is 13.3. The Balaban J connectivity index is 2.47. The number of hydrogen-bond donors (Lipinski definition) is 0. The second-order valence-corrected chi connectivity index (χ2v) is 4.91. The average Bonchev–Trinajstić information content (AvgIpc) is 2.20. The first-order valence-electron chi connectivity index (χ1n) is 4.84. The summed E-state index contributed by atoms with van der Waals surface area (Å²) in [5.41, 5.74) is 0.511. The molecule has 1 aromatic rings. The Bertz CT molecular complexity index is 404. The van der Waals surface area contributed by atoms with Crippen molar-refractivity contribution in [1.29, 1.82) is 0 Å². The zero-order valence-electron chi connectivity index (χ0n) is 8.87. The molecule has 0 spiro atoms. The molecule has 1 nitrogen and oxygen atoms in total. The van der Waals surface area contributed by atoms with Crippen LogP contribution >= 0.6 is 23.4 Å². The Kier molecular flexibility index (Phi) is 5.56. The Labute approximate surface area is 104 Å². The highest BCUT2D eigenvalue weighted by Crippen LogP contribution is 2.16. The van der Waals surface area contributed by atoms with Crippen LogP contribution in [-0.2, 0) is 4.79 Å². The molecule has 0 aliphatic heterocycles. The summed E-state index contributed by atoms with van der Waals surface area (Å²) >= 11 is 6.90. The van der Waals surface area contributed by atoms with Crippen LogP contribution < -0.4 is 0 Å². The third-order valence-corrected chi connectivity index (χ3v) is 2.93. The van der Waals surface area contributed by atoms with Crippen molar-refractivity contribution >= 4 is 34.6 Å². The van der Waals surface area contributed by atoms with Gasteiger partial charge in [0.1, 0.15) is 5.82 Å². The van der Waals surface area contributed by atoms with E-state index in [1.54, 1.807) is 18.2 Å². The Morgan fingerprint density at radius 2 is 2.31 bits per heavy atom. The van der Waals surface area contributed by atoms with E-state index in [2.05, 4.69) is 0 Å². The van der Waals surface area contributed by atoms with Crippen molar-refractivity contribution in [3.8, 4) is 0 Å². The van der Waals surface area contributed by atoms with E-state index in [1.165, 1.54) is 24.8 Å². The number of thioether (sulfide) groups is 1. The largest absolute Gasteiger partial charge is 0.288 e. The van der Waals surface area contributed by atoms with Crippen LogP contribution in [0.3, 0.4) is 0 Å². The van der Waals surface area contributed by atoms with Crippen molar-refractivity contribution in [2.45, 2.75) is 13.3 Å². The minimum atomic E-state index is -0.331. The van der Waals surface area contributed by atoms with Crippen molar-refractivity contribution in [2.75, 3.05) is 5.75 Å². The van der Waals surface area contributed by atoms with Gasteiger partial charge in [-0.05, 0) is 18.6 Å². The van der Waals surface area contributed by atoms with Crippen molar-refractivity contribution in [3.63, 3.8) is 0 Å². The fourth-order valence-electron chi connectivity index (χ4n) is 1.12. The molecule has 0 heterocycles. The monoisotopic (exact) mass is 258 g/mol. The van der Waals surface area contributed by atoms with E-state index in [9.17, 15) is 9.18 Å². The first-order valence-corrected chi connectivity index (χ1v) is 6.21. The van der Waals surface area contributed by atoms with E-state index in [0.29, 0.717) is 10.6 Å². The minimum absolute atomic E-state index is 0.103. The van der Waals surface area contributed by atoms with Gasteiger partial charge < -0.3 is 0 Å². The zero-order chi connectivity index (χ0) is 12.0. The Morgan fingerprint density at radius 3 is 2.94 bits per heavy atom. The van der Waals surface area contributed by atoms with E-state index in [4.69, 9.17) is 11.6 Å². The fraction of sp³-hybridized carbons (Fsp3) is 0.250. The fourth-order valence-corrected chi connectivity index (χ4v) is 1.82. The third kappa shape index (κ3) is 4.81. The molecule has 0 unspecified atom stereocenters. The number of rotatable bonds is 4. The lowest BCUT2D eigenvalue weighted by Crippen LogP contribution is -1.84. The van der Waals surface area contributed by atoms with E-state index in [0.717, 1.165) is 12.2 Å². The number of benzene rings is 1. The quantitative estimate of drug-likeness (QED) is 0.755. The van der Waals surface area contributed by atoms with Crippen molar-refractivity contribution in [1.82, 2.24) is 0 Å². The molecule has 0 aromatic heterocycles. The predicted octanol–water partition coefficient (Wildman–Crippen LogP) is 4.16. The molecule has 1 aromatic carbocycles. The predicted molar refractivity (Wildman–Crippen MR) is 68.2 cm³/mol. The topological polar surface area (TPSA) is 17.1 Å². The highest BCUT2D eigenvalue weighted by atomic mass is 35.5. The van der Waals surface area contributed by atoms with E-state index >= 15 is 0 Å². The van der Waals surface area contributed by atoms with Gasteiger partial charge >= 0.3 is 0 Å². The summed E-state index contributed by atoms with van der Waals surface area (Å²) in [4.78, 5) is 10.6. The molecule has 4 heteroatoms. The van der Waals surface area contributed by atoms with Gasteiger partial charge in [0.15, 0.2) is 5.12 Å². The number of carbonyl (C=O) groups excluding carboxylic acids is 1. The lowest BCUT2D eigenvalue weighted by Gasteiger charge is -1.97. The number of allylic oxidation sites excluding steroid dienone is 1. The summed E-state index contributed by atoms with van der Waals surface area (Å²) in [6.45, 7) is 1.53. The van der Waals surface area contributed by atoms with Crippen molar-refractivity contribution in [2.24, 2.45) is 0 Å². The average molecular weight is 259 g/mol. The maximum Gasteiger partial charge on any atom is 0.185 e. The first-order chi connectivity index (χ1) is 7.59. The van der Waals surface area contributed by atoms with Crippen LogP contribution in [0.1, 0.15) is 18.9 Å². The standard InChI is InChI=1S/C12H12ClFOS/c1-9(15)16-7-3-2-4-10-5-6-11(13)8-12(10)14/h2,4-6,8H,3,7H2,1H3.